The Kier molecular flexibility index (Phi) is 8.32. The lowest BCUT2D eigenvalue weighted by atomic mass is 9.94. The van der Waals surface area contributed by atoms with Crippen molar-refractivity contribution in [3.05, 3.63) is 71.5 Å². The van der Waals surface area contributed by atoms with Crippen LogP contribution in [0, 0.1) is 5.92 Å². The van der Waals surface area contributed by atoms with Crippen molar-refractivity contribution in [1.29, 1.82) is 0 Å². The largest absolute Gasteiger partial charge is 0.432 e. The van der Waals surface area contributed by atoms with Gasteiger partial charge in [-0.15, -0.1) is 5.10 Å². The van der Waals surface area contributed by atoms with Gasteiger partial charge >= 0.3 is 0 Å². The topological polar surface area (TPSA) is 101 Å². The Morgan fingerprint density at radius 2 is 1.87 bits per heavy atom. The maximum Gasteiger partial charge on any atom is 0.231 e. The summed E-state index contributed by atoms with van der Waals surface area (Å²) in [5, 5.41) is 17.4. The zero-order valence-electron chi connectivity index (χ0n) is 23.2. The third kappa shape index (κ3) is 6.16. The van der Waals surface area contributed by atoms with Gasteiger partial charge in [-0.2, -0.15) is 0 Å². The Morgan fingerprint density at radius 1 is 1.05 bits per heavy atom. The molecule has 2 aliphatic rings. The fourth-order valence-corrected chi connectivity index (χ4v) is 9.14. The first-order valence-electron chi connectivity index (χ1n) is 14.1. The first-order chi connectivity index (χ1) is 18.7. The number of hydrogen-bond acceptors (Lipinski definition) is 6. The minimum atomic E-state index is -2.47. The number of para-hydroxylation sites is 1. The number of ether oxygens (including phenoxy) is 1. The number of nitrogens with zero attached hydrogens (tertiary/aromatic N) is 4. The maximum atomic E-state index is 12.9. The minimum absolute atomic E-state index is 0.0315. The number of aliphatic hydroxyl groups excluding tert-OH is 1. The Labute approximate surface area is 231 Å². The molecule has 0 saturated carbocycles. The summed E-state index contributed by atoms with van der Waals surface area (Å²) in [6.07, 6.45) is 6.17. The molecule has 1 saturated heterocycles. The molecule has 2 aliphatic heterocycles. The lowest BCUT2D eigenvalue weighted by Crippen LogP contribution is -2.40. The summed E-state index contributed by atoms with van der Waals surface area (Å²) >= 11 is 0. The van der Waals surface area contributed by atoms with Crippen molar-refractivity contribution in [1.82, 2.24) is 15.0 Å². The summed E-state index contributed by atoms with van der Waals surface area (Å²) in [7, 11) is -2.47. The van der Waals surface area contributed by atoms with Gasteiger partial charge in [-0.3, -0.25) is 14.4 Å². The second-order valence-electron chi connectivity index (χ2n) is 11.6. The molecule has 0 unspecified atom stereocenters. The van der Waals surface area contributed by atoms with E-state index in [1.165, 1.54) is 11.1 Å². The van der Waals surface area contributed by atoms with Crippen LogP contribution in [-0.4, -0.2) is 57.9 Å². The minimum Gasteiger partial charge on any atom is -0.432 e. The summed E-state index contributed by atoms with van der Waals surface area (Å²) in [5.74, 6) is 0.386. The molecule has 208 valence electrons. The van der Waals surface area contributed by atoms with E-state index < -0.39 is 8.32 Å². The van der Waals surface area contributed by atoms with Gasteiger partial charge in [-0.25, -0.2) is 0 Å². The van der Waals surface area contributed by atoms with Gasteiger partial charge in [-0.1, -0.05) is 42.5 Å². The molecular weight excluding hydrogens is 508 g/mol. The van der Waals surface area contributed by atoms with Gasteiger partial charge in [-0.05, 0) is 74.0 Å². The monoisotopic (exact) mass is 548 g/mol. The molecule has 0 bridgehead atoms. The van der Waals surface area contributed by atoms with Crippen LogP contribution in [0.1, 0.15) is 43.0 Å². The maximum absolute atomic E-state index is 12.9. The highest BCUT2D eigenvalue weighted by atomic mass is 28.4. The summed E-state index contributed by atoms with van der Waals surface area (Å²) in [4.78, 5) is 25.9. The van der Waals surface area contributed by atoms with Crippen LogP contribution < -0.4 is 4.90 Å². The molecule has 39 heavy (non-hydrogen) atoms. The third-order valence-electron chi connectivity index (χ3n) is 8.29. The molecule has 0 radical (unpaired) electrons. The number of rotatable bonds is 10. The number of carbonyl (C=O) groups is 1. The first kappa shape index (κ1) is 27.7. The summed E-state index contributed by atoms with van der Waals surface area (Å²) in [6, 6.07) is 16.5. The molecule has 1 amide bonds. The second kappa shape index (κ2) is 11.7. The van der Waals surface area contributed by atoms with Gasteiger partial charge < -0.3 is 14.6 Å². The number of anilines is 2. The predicted octanol–water partition coefficient (Wildman–Crippen LogP) is 4.42. The van der Waals surface area contributed by atoms with E-state index in [4.69, 9.17) is 9.84 Å². The SMILES string of the molecule is C[C@H]1[C@H]([Si](C)(C)O)[C@@H](CCn2cc(CCO)nn2)O[C@H]1CCc1cccc(N2C(=O)CCc3ccccc32)c1. The standard InChI is InChI=1S/C30H40N4O4Si/c1-21-27(38-28(30(21)39(2,3)37)15-17-33-20-24(16-18-35)31-32-33)13-11-22-7-6-9-25(19-22)34-26-10-5-4-8-23(26)12-14-29(34)36/h4-10,19-21,27-28,30,35,37H,11-18H2,1-3H3/t21-,27+,28-,30+/m1/s1. The van der Waals surface area contributed by atoms with Crippen molar-refractivity contribution < 1.29 is 19.4 Å². The van der Waals surface area contributed by atoms with Crippen LogP contribution in [0.15, 0.2) is 54.7 Å². The average molecular weight is 549 g/mol. The van der Waals surface area contributed by atoms with Crippen LogP contribution in [0.25, 0.3) is 0 Å². The van der Waals surface area contributed by atoms with Crippen LogP contribution in [-0.2, 0) is 35.3 Å². The van der Waals surface area contributed by atoms with E-state index in [0.717, 1.165) is 42.8 Å². The molecule has 9 heteroatoms. The van der Waals surface area contributed by atoms with Crippen LogP contribution in [0.3, 0.4) is 0 Å². The fourth-order valence-electron chi connectivity index (χ4n) is 6.49. The highest BCUT2D eigenvalue weighted by molar-refractivity contribution is 6.71. The van der Waals surface area contributed by atoms with Gasteiger partial charge in [0.1, 0.15) is 0 Å². The summed E-state index contributed by atoms with van der Waals surface area (Å²) in [6.45, 7) is 6.96. The second-order valence-corrected chi connectivity index (χ2v) is 15.5. The third-order valence-corrected chi connectivity index (χ3v) is 10.8. The van der Waals surface area contributed by atoms with Crippen molar-refractivity contribution in [3.8, 4) is 0 Å². The lowest BCUT2D eigenvalue weighted by molar-refractivity contribution is -0.118. The van der Waals surface area contributed by atoms with E-state index in [9.17, 15) is 9.59 Å². The molecule has 5 rings (SSSR count). The van der Waals surface area contributed by atoms with E-state index in [0.29, 0.717) is 19.4 Å². The molecule has 1 fully saturated rings. The zero-order valence-corrected chi connectivity index (χ0v) is 24.2. The summed E-state index contributed by atoms with van der Waals surface area (Å²) < 4.78 is 8.44. The van der Waals surface area contributed by atoms with Crippen LogP contribution in [0.4, 0.5) is 11.4 Å². The van der Waals surface area contributed by atoms with Crippen LogP contribution >= 0.6 is 0 Å². The van der Waals surface area contributed by atoms with E-state index in [1.54, 1.807) is 4.68 Å². The number of carbonyl (C=O) groups excluding carboxylic acids is 1. The quantitative estimate of drug-likeness (QED) is 0.364. The Hall–Kier alpha value is -2.85. The number of fused-ring (bicyclic) bond motifs is 1. The number of aliphatic hydroxyl groups is 1. The number of aromatic nitrogens is 3. The van der Waals surface area contributed by atoms with Crippen molar-refractivity contribution >= 4 is 25.6 Å². The smallest absolute Gasteiger partial charge is 0.231 e. The fraction of sp³-hybridized carbons (Fsp3) is 0.500. The number of amides is 1. The molecule has 8 nitrogen and oxygen atoms in total. The normalized spacial score (nSPS) is 23.3. The van der Waals surface area contributed by atoms with Crippen LogP contribution in [0.5, 0.6) is 0 Å². The molecular formula is C30H40N4O4Si. The molecule has 3 aromatic rings. The molecule has 0 aliphatic carbocycles. The van der Waals surface area contributed by atoms with Crippen molar-refractivity contribution in [2.45, 2.75) is 82.8 Å². The lowest BCUT2D eigenvalue weighted by Gasteiger charge is -2.30. The molecule has 2 N–H and O–H groups in total. The van der Waals surface area contributed by atoms with Crippen molar-refractivity contribution in [2.24, 2.45) is 5.92 Å². The number of aryl methyl sites for hydroxylation is 3. The van der Waals surface area contributed by atoms with E-state index in [-0.39, 0.29) is 36.2 Å². The van der Waals surface area contributed by atoms with Crippen molar-refractivity contribution in [3.63, 3.8) is 0 Å². The van der Waals surface area contributed by atoms with Crippen molar-refractivity contribution in [2.75, 3.05) is 11.5 Å². The van der Waals surface area contributed by atoms with E-state index in [2.05, 4.69) is 35.4 Å². The first-order valence-corrected chi connectivity index (χ1v) is 17.1. The van der Waals surface area contributed by atoms with Gasteiger partial charge in [0, 0.05) is 43.4 Å². The van der Waals surface area contributed by atoms with Gasteiger partial charge in [0.25, 0.3) is 0 Å². The number of hydrogen-bond donors (Lipinski definition) is 2. The van der Waals surface area contributed by atoms with Gasteiger partial charge in [0.05, 0.1) is 23.6 Å². The van der Waals surface area contributed by atoms with Crippen LogP contribution in [0.2, 0.25) is 18.6 Å². The Morgan fingerprint density at radius 3 is 2.67 bits per heavy atom. The highest BCUT2D eigenvalue weighted by Crippen LogP contribution is 2.45. The highest BCUT2D eigenvalue weighted by Gasteiger charge is 2.49. The van der Waals surface area contributed by atoms with Gasteiger partial charge in [0.15, 0.2) is 8.32 Å². The zero-order chi connectivity index (χ0) is 27.6. The molecule has 0 spiro atoms. The Bertz CT molecular complexity index is 1290. The molecule has 4 atom stereocenters. The molecule has 3 heterocycles. The Balaban J connectivity index is 1.26. The van der Waals surface area contributed by atoms with E-state index in [1.807, 2.05) is 54.5 Å². The molecule has 1 aromatic heterocycles. The summed E-state index contributed by atoms with van der Waals surface area (Å²) in [5.41, 5.74) is 5.20. The molecule has 2 aromatic carbocycles. The van der Waals surface area contributed by atoms with E-state index >= 15 is 0 Å². The predicted molar refractivity (Wildman–Crippen MR) is 153 cm³/mol. The number of benzene rings is 2. The average Bonchev–Trinajstić information content (AvgIpc) is 3.49. The van der Waals surface area contributed by atoms with Gasteiger partial charge in [0.2, 0.25) is 5.91 Å².